The van der Waals surface area contributed by atoms with Gasteiger partial charge in [0, 0.05) is 25.2 Å². The topological polar surface area (TPSA) is 181 Å². The fraction of sp³-hybridized carbons (Fsp3) is 0.833. The van der Waals surface area contributed by atoms with Crippen molar-refractivity contribution in [3.8, 4) is 0 Å². The van der Waals surface area contributed by atoms with Crippen LogP contribution in [0.5, 0.6) is 0 Å². The number of hydrogen-bond donors (Lipinski definition) is 3. The molecule has 1 aliphatic heterocycles. The Bertz CT molecular complexity index is 1270. The van der Waals surface area contributed by atoms with Crippen LogP contribution in [0, 0.1) is 5.92 Å². The summed E-state index contributed by atoms with van der Waals surface area (Å²) in [5.74, 6) is -1.35. The smallest absolute Gasteiger partial charge is 0.306 e. The average molecular weight is 902 g/mol. The van der Waals surface area contributed by atoms with Gasteiger partial charge >= 0.3 is 11.9 Å². The Balaban J connectivity index is 2.50. The third kappa shape index (κ3) is 33.6. The normalized spacial score (nSPS) is 20.5. The third-order valence-electron chi connectivity index (χ3n) is 10.9. The summed E-state index contributed by atoms with van der Waals surface area (Å²) in [7, 11) is 0.995. The van der Waals surface area contributed by atoms with Crippen molar-refractivity contribution in [3.05, 3.63) is 36.5 Å². The van der Waals surface area contributed by atoms with Gasteiger partial charge in [-0.3, -0.25) is 14.2 Å². The molecule has 13 nitrogen and oxygen atoms in total. The second kappa shape index (κ2) is 36.3. The van der Waals surface area contributed by atoms with Crippen molar-refractivity contribution in [2.24, 2.45) is 5.92 Å². The maximum atomic E-state index is 12.8. The van der Waals surface area contributed by atoms with E-state index in [0.717, 1.165) is 44.9 Å². The number of quaternary nitrogens is 1. The molecule has 7 atom stereocenters. The summed E-state index contributed by atoms with van der Waals surface area (Å²) in [6.45, 7) is 3.80. The molecule has 0 aromatic heterocycles. The van der Waals surface area contributed by atoms with Gasteiger partial charge in [-0.15, -0.1) is 0 Å². The highest BCUT2D eigenvalue weighted by Gasteiger charge is 2.35. The van der Waals surface area contributed by atoms with Crippen LogP contribution >= 0.6 is 7.82 Å². The molecule has 3 N–H and O–H groups in total. The molecule has 1 fully saturated rings. The molecular formula is C48H88NO12P. The highest BCUT2D eigenvalue weighted by molar-refractivity contribution is 7.45. The molecule has 1 rings (SSSR count). The lowest BCUT2D eigenvalue weighted by Crippen LogP contribution is -2.43. The quantitative estimate of drug-likeness (QED) is 0.0175. The number of carbonyl (C=O) groups excluding carboxylic acids is 2. The molecule has 1 saturated heterocycles. The van der Waals surface area contributed by atoms with Crippen LogP contribution in [0.4, 0.5) is 0 Å². The van der Waals surface area contributed by atoms with E-state index in [4.69, 9.17) is 23.3 Å². The predicted octanol–water partition coefficient (Wildman–Crippen LogP) is 9.17. The molecule has 0 aliphatic carbocycles. The number of nitrogens with zero attached hydrogens (tertiary/aromatic N) is 1. The SMILES string of the molecule is CCCCCCCC/C=C\CCCCCCCCCC(=O)OC[C@H](COP(=O)([O-])OCC[N+](C)(C)C)OC(=O)CCC/C=C\C[C@H]1[C@@H](O)CC(O)O[C@@H]1/C=C/[C@@H](O)CCCCC. The van der Waals surface area contributed by atoms with Crippen LogP contribution in [0.25, 0.3) is 0 Å². The van der Waals surface area contributed by atoms with Crippen LogP contribution in [-0.2, 0) is 37.4 Å². The lowest BCUT2D eigenvalue weighted by molar-refractivity contribution is -0.870. The molecule has 2 unspecified atom stereocenters. The summed E-state index contributed by atoms with van der Waals surface area (Å²) in [5.41, 5.74) is 0. The van der Waals surface area contributed by atoms with E-state index in [2.05, 4.69) is 26.0 Å². The Morgan fingerprint density at radius 1 is 0.758 bits per heavy atom. The van der Waals surface area contributed by atoms with Crippen molar-refractivity contribution < 1.29 is 62.1 Å². The largest absolute Gasteiger partial charge is 0.756 e. The number of aliphatic hydroxyl groups is 3. The van der Waals surface area contributed by atoms with E-state index in [9.17, 15) is 34.4 Å². The minimum atomic E-state index is -4.71. The van der Waals surface area contributed by atoms with Gasteiger partial charge in [0.05, 0.1) is 46.1 Å². The molecule has 62 heavy (non-hydrogen) atoms. The predicted molar refractivity (Wildman–Crippen MR) is 244 cm³/mol. The average Bonchev–Trinajstić information content (AvgIpc) is 3.20. The Kier molecular flexibility index (Phi) is 34.0. The zero-order chi connectivity index (χ0) is 45.9. The fourth-order valence-electron chi connectivity index (χ4n) is 7.04. The van der Waals surface area contributed by atoms with Gasteiger partial charge in [0.1, 0.15) is 19.8 Å². The van der Waals surface area contributed by atoms with Gasteiger partial charge < -0.3 is 48.0 Å². The number of allylic oxidation sites excluding steroid dienone is 4. The van der Waals surface area contributed by atoms with Crippen molar-refractivity contribution in [3.63, 3.8) is 0 Å². The van der Waals surface area contributed by atoms with Crippen molar-refractivity contribution >= 4 is 19.8 Å². The Labute approximate surface area is 375 Å². The van der Waals surface area contributed by atoms with Crippen LogP contribution in [-0.4, -0.2) is 110 Å². The summed E-state index contributed by atoms with van der Waals surface area (Å²) in [4.78, 5) is 37.9. The second-order valence-electron chi connectivity index (χ2n) is 18.0. The van der Waals surface area contributed by atoms with E-state index >= 15 is 0 Å². The maximum absolute atomic E-state index is 12.8. The van der Waals surface area contributed by atoms with Gasteiger partial charge in [-0.2, -0.15) is 0 Å². The fourth-order valence-corrected chi connectivity index (χ4v) is 7.77. The number of aliphatic hydroxyl groups excluding tert-OH is 3. The summed E-state index contributed by atoms with van der Waals surface area (Å²) in [6.07, 6.45) is 30.7. The number of esters is 2. The van der Waals surface area contributed by atoms with Gasteiger partial charge in [0.25, 0.3) is 7.82 Å². The Morgan fingerprint density at radius 2 is 1.32 bits per heavy atom. The lowest BCUT2D eigenvalue weighted by Gasteiger charge is -2.36. The van der Waals surface area contributed by atoms with Crippen LogP contribution in [0.15, 0.2) is 36.5 Å². The second-order valence-corrected chi connectivity index (χ2v) is 19.4. The molecule has 1 aliphatic rings. The lowest BCUT2D eigenvalue weighted by atomic mass is 9.87. The molecule has 14 heteroatoms. The molecule has 1 heterocycles. The van der Waals surface area contributed by atoms with Crippen LogP contribution in [0.2, 0.25) is 0 Å². The van der Waals surface area contributed by atoms with E-state index in [1.807, 2.05) is 33.3 Å². The molecule has 0 radical (unpaired) electrons. The van der Waals surface area contributed by atoms with Crippen LogP contribution in [0.1, 0.15) is 174 Å². The number of unbranched alkanes of at least 4 members (excludes halogenated alkanes) is 16. The van der Waals surface area contributed by atoms with E-state index in [-0.39, 0.29) is 38.4 Å². The standard InChI is InChI=1S/C48H88NO12P/c1-6-8-10-11-12-13-14-15-16-17-18-19-20-21-22-23-28-32-46(52)57-39-42(40-59-62(55,56)58-37-36-49(3,4)5)60-47(53)33-29-25-24-27-31-43-44(51)38-48(54)61-45(43)35-34-41(50)30-26-9-7-2/h15-16,24,27,34-35,41-45,48,50-51,54H,6-14,17-23,25-26,28-33,36-40H2,1-5H3/b16-15-,27-24-,35-34+/t41-,42+,43-,44-,45+,48?/m0/s1. The molecule has 362 valence electrons. The van der Waals surface area contributed by atoms with E-state index in [0.29, 0.717) is 43.1 Å². The summed E-state index contributed by atoms with van der Waals surface area (Å²) < 4.78 is 39.6. The van der Waals surface area contributed by atoms with Gasteiger partial charge in [0.15, 0.2) is 12.4 Å². The Hall–Kier alpha value is -1.93. The number of likely N-dealkylation sites (N-methyl/N-ethyl adjacent to an activating group) is 1. The molecular weight excluding hydrogens is 813 g/mol. The number of rotatable bonds is 39. The van der Waals surface area contributed by atoms with Gasteiger partial charge in [-0.05, 0) is 57.8 Å². The minimum absolute atomic E-state index is 0.0302. The molecule has 0 saturated carbocycles. The van der Waals surface area contributed by atoms with Crippen molar-refractivity contribution in [1.29, 1.82) is 0 Å². The zero-order valence-corrected chi connectivity index (χ0v) is 40.2. The summed E-state index contributed by atoms with van der Waals surface area (Å²) >= 11 is 0. The maximum Gasteiger partial charge on any atom is 0.306 e. The van der Waals surface area contributed by atoms with E-state index in [1.54, 1.807) is 12.2 Å². The number of ether oxygens (including phenoxy) is 3. The number of phosphoric ester groups is 1. The van der Waals surface area contributed by atoms with Crippen molar-refractivity contribution in [2.75, 3.05) is 47.5 Å². The van der Waals surface area contributed by atoms with Gasteiger partial charge in [-0.1, -0.05) is 134 Å². The first-order valence-electron chi connectivity index (χ1n) is 24.1. The first-order chi connectivity index (χ1) is 29.7. The monoisotopic (exact) mass is 902 g/mol. The van der Waals surface area contributed by atoms with E-state index < -0.39 is 57.1 Å². The number of carbonyl (C=O) groups is 2. The third-order valence-corrected chi connectivity index (χ3v) is 11.9. The van der Waals surface area contributed by atoms with Crippen molar-refractivity contribution in [2.45, 2.75) is 205 Å². The van der Waals surface area contributed by atoms with Gasteiger partial charge in [-0.25, -0.2) is 0 Å². The van der Waals surface area contributed by atoms with Crippen LogP contribution < -0.4 is 4.89 Å². The molecule has 0 bridgehead atoms. The first kappa shape index (κ1) is 58.1. The summed E-state index contributed by atoms with van der Waals surface area (Å²) in [6, 6.07) is 0. The van der Waals surface area contributed by atoms with E-state index in [1.165, 1.54) is 64.2 Å². The van der Waals surface area contributed by atoms with Gasteiger partial charge in [0.2, 0.25) is 0 Å². The zero-order valence-electron chi connectivity index (χ0n) is 39.3. The highest BCUT2D eigenvalue weighted by atomic mass is 31.2. The van der Waals surface area contributed by atoms with Crippen molar-refractivity contribution in [1.82, 2.24) is 0 Å². The highest BCUT2D eigenvalue weighted by Crippen LogP contribution is 2.38. The minimum Gasteiger partial charge on any atom is -0.756 e. The first-order valence-corrected chi connectivity index (χ1v) is 25.6. The molecule has 0 amide bonds. The number of hydrogen-bond acceptors (Lipinski definition) is 12. The van der Waals surface area contributed by atoms with Crippen LogP contribution in [0.3, 0.4) is 0 Å². The summed E-state index contributed by atoms with van der Waals surface area (Å²) in [5, 5.41) is 31.0. The molecule has 0 aromatic rings. The Morgan fingerprint density at radius 3 is 1.97 bits per heavy atom. The molecule has 0 aromatic carbocycles. The molecule has 0 spiro atoms. The number of phosphoric acid groups is 1.